The van der Waals surface area contributed by atoms with Gasteiger partial charge in [-0.2, -0.15) is 8.42 Å². The molecule has 4 N–H and O–H groups in total. The number of benzene rings is 4. The molecule has 4 aromatic carbocycles. The molecule has 65 heavy (non-hydrogen) atoms. The van der Waals surface area contributed by atoms with E-state index in [1.54, 1.807) is 48.6 Å². The monoisotopic (exact) mass is 987 g/mol. The molecule has 7 aromatic rings. The quantitative estimate of drug-likeness (QED) is 0.0864. The van der Waals surface area contributed by atoms with Crippen LogP contribution in [0.4, 0.5) is 0 Å². The van der Waals surface area contributed by atoms with Gasteiger partial charge in [-0.15, -0.1) is 0 Å². The van der Waals surface area contributed by atoms with Gasteiger partial charge in [-0.3, -0.25) is 0 Å². The fourth-order valence-electron chi connectivity index (χ4n) is 7.58. The molecule has 0 spiro atoms. The Hall–Kier alpha value is -6.36. The molecule has 0 fully saturated rings. The van der Waals surface area contributed by atoms with Crippen molar-refractivity contribution < 1.29 is 69.0 Å². The molecule has 2 aliphatic heterocycles. The van der Waals surface area contributed by atoms with E-state index < -0.39 is 50.3 Å². The third kappa shape index (κ3) is 8.89. The molecule has 16 nitrogen and oxygen atoms in total. The Labute approximate surface area is 381 Å². The molecule has 21 heteroatoms. The maximum absolute atomic E-state index is 12.0. The molecule has 2 atom stereocenters. The molecule has 8 bridgehead atoms. The number of hydrogen-bond donors (Lipinski definition) is 2. The van der Waals surface area contributed by atoms with Gasteiger partial charge >= 0.3 is 17.1 Å². The Morgan fingerprint density at radius 3 is 0.769 bits per heavy atom. The first kappa shape index (κ1) is 45.2. The first-order valence-corrected chi connectivity index (χ1v) is 24.4. The zero-order valence-corrected chi connectivity index (χ0v) is 37.2. The van der Waals surface area contributed by atoms with Gasteiger partial charge < -0.3 is 28.2 Å². The van der Waals surface area contributed by atoms with Gasteiger partial charge in [0.15, 0.2) is 0 Å². The molecular formula is C44H28MnN4O12S4+. The van der Waals surface area contributed by atoms with Gasteiger partial charge in [-0.05, 0) is 119 Å². The number of H-pyrrole nitrogens is 2. The Bertz CT molecular complexity index is 3300. The number of nitrogens with zero attached hydrogens (tertiary/aromatic N) is 2. The first-order valence-electron chi connectivity index (χ1n) is 18.7. The van der Waals surface area contributed by atoms with Gasteiger partial charge in [0.05, 0.1) is 32.6 Å². The standard InChI is InChI=1S/C44H30N4O12S4.Mn/c49-61(50,51)29-9-1-25(2-10-29)41-33-17-19-35(45-33)42(26-3-11-30(12-4-26)62(52,53)54)37-21-23-39(47-37)44(28-7-15-32(16-8-28)64(58,59)60)40-24-22-38(48-40)43(36-20-18-34(41)46-36)27-5-13-31(14-6-27)63(55,56)57;/h1-24,45,48H,(H,49,50,51)(H,52,53,54)(H,55,56,57)(H,58,59,60);/q;+3/p-2. The van der Waals surface area contributed by atoms with Crippen molar-refractivity contribution in [2.24, 2.45) is 0 Å². The van der Waals surface area contributed by atoms with Crippen LogP contribution in [-0.2, 0) is 57.5 Å². The number of rotatable bonds is 8. The van der Waals surface area contributed by atoms with Gasteiger partial charge in [0, 0.05) is 44.3 Å². The smallest absolute Gasteiger partial charge is 0.744 e. The molecule has 5 heterocycles. The number of aromatic amines is 2. The Kier molecular flexibility index (Phi) is 11.5. The Morgan fingerprint density at radius 2 is 0.569 bits per heavy atom. The fraction of sp³-hybridized carbons (Fsp3) is 0. The van der Waals surface area contributed by atoms with E-state index in [0.717, 1.165) is 0 Å². The van der Waals surface area contributed by atoms with Crippen LogP contribution in [0.25, 0.3) is 90.9 Å². The Morgan fingerprint density at radius 1 is 0.354 bits per heavy atom. The Balaban J connectivity index is 0.00000576. The van der Waals surface area contributed by atoms with Crippen LogP contribution in [0.1, 0.15) is 22.8 Å². The minimum atomic E-state index is -4.80. The zero-order chi connectivity index (χ0) is 45.3. The van der Waals surface area contributed by atoms with E-state index >= 15 is 0 Å². The summed E-state index contributed by atoms with van der Waals surface area (Å²) in [7, 11) is -18.7. The van der Waals surface area contributed by atoms with Gasteiger partial charge in [0.2, 0.25) is 0 Å². The maximum atomic E-state index is 12.0. The molecule has 0 saturated heterocycles. The van der Waals surface area contributed by atoms with Crippen LogP contribution in [0, 0.1) is 0 Å². The predicted molar refractivity (Wildman–Crippen MR) is 235 cm³/mol. The van der Waals surface area contributed by atoms with Crippen LogP contribution < -0.4 is 0 Å². The largest absolute Gasteiger partial charge is 3.00 e. The normalized spacial score (nSPS) is 14.3. The summed E-state index contributed by atoms with van der Waals surface area (Å²) in [5.41, 5.74) is 7.09. The van der Waals surface area contributed by atoms with Gasteiger partial charge in [-0.1, -0.05) is 48.5 Å². The van der Waals surface area contributed by atoms with Crippen molar-refractivity contribution in [1.82, 2.24) is 19.9 Å². The summed E-state index contributed by atoms with van der Waals surface area (Å²) < 4.78 is 139. The van der Waals surface area contributed by atoms with Gasteiger partial charge in [0.1, 0.15) is 30.0 Å². The van der Waals surface area contributed by atoms with E-state index in [4.69, 9.17) is 9.97 Å². The molecule has 0 aliphatic carbocycles. The summed E-state index contributed by atoms with van der Waals surface area (Å²) in [5.74, 6) is 0. The molecular weight excluding hydrogens is 960 g/mol. The number of fused-ring (bicyclic) bond motifs is 8. The van der Waals surface area contributed by atoms with E-state index in [0.29, 0.717) is 89.4 Å². The van der Waals surface area contributed by atoms with Crippen molar-refractivity contribution in [3.8, 4) is 44.5 Å². The van der Waals surface area contributed by atoms with Crippen LogP contribution >= 0.6 is 0 Å². The van der Waals surface area contributed by atoms with E-state index in [1.807, 2.05) is 0 Å². The van der Waals surface area contributed by atoms with Crippen LogP contribution in [0.15, 0.2) is 141 Å². The minimum Gasteiger partial charge on any atom is -0.744 e. The molecule has 0 radical (unpaired) electrons. The third-order valence-electron chi connectivity index (χ3n) is 10.5. The third-order valence-corrected chi connectivity index (χ3v) is 13.9. The second kappa shape index (κ2) is 16.6. The molecule has 2 aliphatic rings. The topological polar surface area (TPSA) is 295 Å². The number of aromatic nitrogens is 4. The molecule has 0 saturated carbocycles. The van der Waals surface area contributed by atoms with E-state index in [2.05, 4.69) is 9.97 Å². The number of hydrogen-bond acceptors (Lipinski definition) is 12. The van der Waals surface area contributed by atoms with Gasteiger partial charge in [0.25, 0.3) is 20.2 Å². The second-order valence-corrected chi connectivity index (χ2v) is 20.1. The van der Waals surface area contributed by atoms with Crippen LogP contribution in [0.5, 0.6) is 0 Å². The second-order valence-electron chi connectivity index (χ2n) is 14.5. The van der Waals surface area contributed by atoms with Crippen molar-refractivity contribution in [2.75, 3.05) is 0 Å². The van der Waals surface area contributed by atoms with Crippen LogP contribution in [0.3, 0.4) is 0 Å². The van der Waals surface area contributed by atoms with Crippen LogP contribution in [0.2, 0.25) is 0 Å². The van der Waals surface area contributed by atoms with Crippen molar-refractivity contribution >= 4 is 86.8 Å². The average molecular weight is 988 g/mol. The summed E-state index contributed by atoms with van der Waals surface area (Å²) in [6.45, 7) is 0. The van der Waals surface area contributed by atoms with Gasteiger partial charge in [-0.25, -0.2) is 35.2 Å². The van der Waals surface area contributed by atoms with Crippen molar-refractivity contribution in [3.63, 3.8) is 0 Å². The van der Waals surface area contributed by atoms with E-state index in [1.165, 1.54) is 97.1 Å². The van der Waals surface area contributed by atoms with E-state index in [9.17, 15) is 51.9 Å². The average Bonchev–Trinajstić information content (AvgIpc) is 4.08. The molecule has 2 unspecified atom stereocenters. The maximum Gasteiger partial charge on any atom is 3.00 e. The predicted octanol–water partition coefficient (Wildman–Crippen LogP) is 7.25. The molecule has 9 rings (SSSR count). The summed E-state index contributed by atoms with van der Waals surface area (Å²) in [6, 6.07) is 28.4. The summed E-state index contributed by atoms with van der Waals surface area (Å²) >= 11 is 0. The first-order chi connectivity index (χ1) is 30.2. The van der Waals surface area contributed by atoms with Crippen LogP contribution in [-0.4, -0.2) is 71.8 Å². The zero-order valence-electron chi connectivity index (χ0n) is 32.7. The minimum absolute atomic E-state index is 0. The summed E-state index contributed by atoms with van der Waals surface area (Å²) in [5, 5.41) is 0. The summed E-state index contributed by atoms with van der Waals surface area (Å²) in [6.07, 6.45) is 6.85. The van der Waals surface area contributed by atoms with Crippen molar-refractivity contribution in [3.05, 3.63) is 144 Å². The SMILES string of the molecule is O=S(=O)([O-])c1ccc(-c2c3nc(c(-c4ccc(S(=O)(=O)[O-])cc4)c4ccc([nH]4)c(-c4ccc(S(=O)([O-])=[OH+])cc4)c4nc(c(-c5ccc(S(=O)([O-])=[OH+])cc5)c5ccc2[nH]5)C=C4)C=C3)cc1.[Mn+3]. The molecule has 326 valence electrons. The van der Waals surface area contributed by atoms with Crippen molar-refractivity contribution in [1.29, 1.82) is 0 Å². The fourth-order valence-corrected chi connectivity index (χ4v) is 9.48. The summed E-state index contributed by atoms with van der Waals surface area (Å²) in [4.78, 5) is 15.3. The van der Waals surface area contributed by atoms with E-state index in [-0.39, 0.29) is 26.9 Å². The molecule has 3 aromatic heterocycles. The van der Waals surface area contributed by atoms with Crippen molar-refractivity contribution in [2.45, 2.75) is 19.6 Å². The number of nitrogens with one attached hydrogen (secondary N) is 2. The molecule has 0 amide bonds.